The van der Waals surface area contributed by atoms with E-state index in [0.29, 0.717) is 5.56 Å². The largest absolute Gasteiger partial charge is 0.320 e. The lowest BCUT2D eigenvalue weighted by Gasteiger charge is -2.06. The van der Waals surface area contributed by atoms with Crippen molar-refractivity contribution >= 4 is 20.0 Å². The van der Waals surface area contributed by atoms with Gasteiger partial charge in [0.05, 0.1) is 17.2 Å². The van der Waals surface area contributed by atoms with E-state index in [4.69, 9.17) is 10.9 Å². The summed E-state index contributed by atoms with van der Waals surface area (Å²) >= 11 is 0. The summed E-state index contributed by atoms with van der Waals surface area (Å²) in [6, 6.07) is 5.98. The van der Waals surface area contributed by atoms with Crippen LogP contribution in [-0.4, -0.2) is 35.7 Å². The molecule has 0 bridgehead atoms. The van der Waals surface area contributed by atoms with Gasteiger partial charge >= 0.3 is 0 Å². The molecule has 21 heavy (non-hydrogen) atoms. The number of nitrogens with two attached hydrogens (primary N) is 2. The lowest BCUT2D eigenvalue weighted by Crippen LogP contribution is -2.27. The number of hydrogen-bond acceptors (Lipinski definition) is 5. The molecule has 5 N–H and O–H groups in total. The molecule has 0 unspecified atom stereocenters. The molecule has 0 radical (unpaired) electrons. The van der Waals surface area contributed by atoms with Crippen molar-refractivity contribution in [2.24, 2.45) is 10.9 Å². The van der Waals surface area contributed by atoms with E-state index in [1.165, 1.54) is 12.1 Å². The van der Waals surface area contributed by atoms with Crippen molar-refractivity contribution in [1.82, 2.24) is 4.72 Å². The van der Waals surface area contributed by atoms with E-state index < -0.39 is 20.0 Å². The van der Waals surface area contributed by atoms with E-state index in [1.807, 2.05) is 0 Å². The molecule has 1 aromatic carbocycles. The normalized spacial score (nSPS) is 11.7. The van der Waals surface area contributed by atoms with Crippen LogP contribution in [0, 0.1) is 11.8 Å². The number of nitrogens with one attached hydrogen (secondary N) is 1. The molecule has 0 amide bonds. The molecule has 0 fully saturated rings. The van der Waals surface area contributed by atoms with Gasteiger partial charge in [0, 0.05) is 12.1 Å². The summed E-state index contributed by atoms with van der Waals surface area (Å²) in [7, 11) is -7.26. The Bertz CT molecular complexity index is 729. The number of rotatable bonds is 6. The standard InChI is InChI=1S/C12H17N3O4S2/c13-8-1-3-11-4-6-12(7-5-11)21(18,19)15-9-2-10-20(14,16)17/h4-7,15H,2,8-10,13H2,(H2,14,16,17). The first-order valence-electron chi connectivity index (χ1n) is 6.04. The van der Waals surface area contributed by atoms with Gasteiger partial charge in [-0.05, 0) is 30.7 Å². The van der Waals surface area contributed by atoms with E-state index in [2.05, 4.69) is 16.6 Å². The maximum absolute atomic E-state index is 11.9. The molecule has 9 heteroatoms. The van der Waals surface area contributed by atoms with Crippen molar-refractivity contribution < 1.29 is 16.8 Å². The first kappa shape index (κ1) is 17.6. The van der Waals surface area contributed by atoms with E-state index in [9.17, 15) is 16.8 Å². The average molecular weight is 331 g/mol. The highest BCUT2D eigenvalue weighted by molar-refractivity contribution is 7.89. The quantitative estimate of drug-likeness (QED) is 0.452. The maximum atomic E-state index is 11.9. The molecule has 0 aromatic heterocycles. The highest BCUT2D eigenvalue weighted by Crippen LogP contribution is 2.09. The van der Waals surface area contributed by atoms with Gasteiger partial charge in [-0.15, -0.1) is 0 Å². The average Bonchev–Trinajstić information content (AvgIpc) is 2.41. The Hall–Kier alpha value is -1.44. The second-order valence-electron chi connectivity index (χ2n) is 4.15. The van der Waals surface area contributed by atoms with Gasteiger partial charge in [-0.2, -0.15) is 0 Å². The zero-order chi connectivity index (χ0) is 15.9. The molecule has 0 spiro atoms. The fourth-order valence-corrected chi connectivity index (χ4v) is 3.05. The third kappa shape index (κ3) is 6.70. The first-order chi connectivity index (χ1) is 9.74. The van der Waals surface area contributed by atoms with Crippen molar-refractivity contribution in [1.29, 1.82) is 0 Å². The van der Waals surface area contributed by atoms with Crippen LogP contribution in [0.25, 0.3) is 0 Å². The molecule has 1 aromatic rings. The predicted molar refractivity (Wildman–Crippen MR) is 80.2 cm³/mol. The van der Waals surface area contributed by atoms with Crippen LogP contribution in [0.3, 0.4) is 0 Å². The number of sulfonamides is 2. The zero-order valence-corrected chi connectivity index (χ0v) is 12.9. The van der Waals surface area contributed by atoms with E-state index in [1.54, 1.807) is 12.1 Å². The number of hydrogen-bond donors (Lipinski definition) is 3. The Morgan fingerprint density at radius 2 is 1.71 bits per heavy atom. The lowest BCUT2D eigenvalue weighted by molar-refractivity contribution is 0.576. The Kier molecular flexibility index (Phi) is 6.32. The molecule has 0 aliphatic rings. The second-order valence-corrected chi connectivity index (χ2v) is 7.65. The van der Waals surface area contributed by atoms with Gasteiger partial charge in [-0.1, -0.05) is 11.8 Å². The SMILES string of the molecule is NCC#Cc1ccc(S(=O)(=O)NCCCS(N)(=O)=O)cc1. The Labute approximate surface area is 124 Å². The highest BCUT2D eigenvalue weighted by atomic mass is 32.2. The van der Waals surface area contributed by atoms with Crippen LogP contribution in [0.2, 0.25) is 0 Å². The third-order valence-electron chi connectivity index (χ3n) is 2.40. The summed E-state index contributed by atoms with van der Waals surface area (Å²) in [4.78, 5) is 0.0800. The van der Waals surface area contributed by atoms with Crippen LogP contribution in [0.4, 0.5) is 0 Å². The lowest BCUT2D eigenvalue weighted by atomic mass is 10.2. The van der Waals surface area contributed by atoms with Gasteiger partial charge in [-0.25, -0.2) is 26.7 Å². The molecular formula is C12H17N3O4S2. The van der Waals surface area contributed by atoms with Crippen molar-refractivity contribution in [3.63, 3.8) is 0 Å². The maximum Gasteiger partial charge on any atom is 0.240 e. The summed E-state index contributed by atoms with van der Waals surface area (Å²) in [6.07, 6.45) is 0.109. The van der Waals surface area contributed by atoms with E-state index >= 15 is 0 Å². The molecule has 0 heterocycles. The molecule has 0 saturated heterocycles. The van der Waals surface area contributed by atoms with Crippen molar-refractivity contribution in [3.05, 3.63) is 29.8 Å². The molecule has 0 aliphatic heterocycles. The van der Waals surface area contributed by atoms with Crippen LogP contribution in [0.15, 0.2) is 29.2 Å². The monoisotopic (exact) mass is 331 g/mol. The minimum Gasteiger partial charge on any atom is -0.320 e. The van der Waals surface area contributed by atoms with Crippen LogP contribution in [0.1, 0.15) is 12.0 Å². The van der Waals surface area contributed by atoms with Crippen molar-refractivity contribution in [3.8, 4) is 11.8 Å². The van der Waals surface area contributed by atoms with Gasteiger partial charge in [-0.3, -0.25) is 0 Å². The van der Waals surface area contributed by atoms with Gasteiger partial charge in [0.1, 0.15) is 0 Å². The molecule has 7 nitrogen and oxygen atoms in total. The van der Waals surface area contributed by atoms with E-state index in [0.717, 1.165) is 0 Å². The smallest absolute Gasteiger partial charge is 0.240 e. The molecule has 1 rings (SSSR count). The Morgan fingerprint density at radius 3 is 2.24 bits per heavy atom. The number of primary sulfonamides is 1. The van der Waals surface area contributed by atoms with Gasteiger partial charge in [0.25, 0.3) is 0 Å². The van der Waals surface area contributed by atoms with Gasteiger partial charge in [0.15, 0.2) is 0 Å². The topological polar surface area (TPSA) is 132 Å². The second kappa shape index (κ2) is 7.53. The third-order valence-corrected chi connectivity index (χ3v) is 4.73. The molecule has 116 valence electrons. The fraction of sp³-hybridized carbons (Fsp3) is 0.333. The van der Waals surface area contributed by atoms with Gasteiger partial charge < -0.3 is 5.73 Å². The summed E-state index contributed by atoms with van der Waals surface area (Å²) in [6.45, 7) is 0.221. The van der Waals surface area contributed by atoms with Crippen molar-refractivity contribution in [2.45, 2.75) is 11.3 Å². The fourth-order valence-electron chi connectivity index (χ4n) is 1.43. The van der Waals surface area contributed by atoms with Crippen LogP contribution < -0.4 is 15.6 Å². The summed E-state index contributed by atoms with van der Waals surface area (Å²) in [5, 5.41) is 4.83. The molecule has 0 aliphatic carbocycles. The molecule has 0 saturated carbocycles. The van der Waals surface area contributed by atoms with Crippen LogP contribution in [0.5, 0.6) is 0 Å². The summed E-state index contributed by atoms with van der Waals surface area (Å²) in [5.74, 6) is 5.17. The summed E-state index contributed by atoms with van der Waals surface area (Å²) in [5.41, 5.74) is 5.90. The van der Waals surface area contributed by atoms with E-state index in [-0.39, 0.29) is 30.2 Å². The molecule has 0 atom stereocenters. The number of benzene rings is 1. The van der Waals surface area contributed by atoms with Crippen LogP contribution in [-0.2, 0) is 20.0 Å². The molecular weight excluding hydrogens is 314 g/mol. The summed E-state index contributed by atoms with van der Waals surface area (Å²) < 4.78 is 47.6. The van der Waals surface area contributed by atoms with Crippen molar-refractivity contribution in [2.75, 3.05) is 18.8 Å². The van der Waals surface area contributed by atoms with Crippen LogP contribution >= 0.6 is 0 Å². The highest BCUT2D eigenvalue weighted by Gasteiger charge is 2.13. The minimum absolute atomic E-state index is 0.00645. The minimum atomic E-state index is -3.67. The van der Waals surface area contributed by atoms with Gasteiger partial charge in [0.2, 0.25) is 20.0 Å². The Balaban J connectivity index is 2.66. The zero-order valence-electron chi connectivity index (χ0n) is 11.2. The predicted octanol–water partition coefficient (Wildman–Crippen LogP) is -1.05. The Morgan fingerprint density at radius 1 is 1.10 bits per heavy atom. The first-order valence-corrected chi connectivity index (χ1v) is 9.23.